The third-order valence-corrected chi connectivity index (χ3v) is 4.34. The Kier molecular flexibility index (Phi) is 3.34. The maximum atomic E-state index is 12.9. The van der Waals surface area contributed by atoms with Gasteiger partial charge in [0.1, 0.15) is 11.3 Å². The molecule has 0 radical (unpaired) electrons. The second-order valence-electron chi connectivity index (χ2n) is 6.05. The van der Waals surface area contributed by atoms with E-state index in [1.54, 1.807) is 4.90 Å². The summed E-state index contributed by atoms with van der Waals surface area (Å²) in [6.45, 7) is 0.981. The number of amides is 1. The Hall–Kier alpha value is -2.84. The summed E-state index contributed by atoms with van der Waals surface area (Å²) in [6.07, 6.45) is -3.12. The van der Waals surface area contributed by atoms with Crippen molar-refractivity contribution in [3.63, 3.8) is 0 Å². The minimum absolute atomic E-state index is 0.0528. The Balaban J connectivity index is 1.81. The van der Waals surface area contributed by atoms with Gasteiger partial charge in [-0.05, 0) is 18.6 Å². The van der Waals surface area contributed by atoms with E-state index in [-0.39, 0.29) is 17.2 Å². The highest BCUT2D eigenvalue weighted by atomic mass is 19.4. The van der Waals surface area contributed by atoms with Crippen LogP contribution in [0.25, 0.3) is 21.9 Å². The summed E-state index contributed by atoms with van der Waals surface area (Å²) >= 11 is 0. The molecule has 1 fully saturated rings. The van der Waals surface area contributed by atoms with Crippen LogP contribution in [0.2, 0.25) is 0 Å². The minimum atomic E-state index is -4.45. The van der Waals surface area contributed by atoms with Gasteiger partial charge in [-0.3, -0.25) is 4.79 Å². The molecular formula is C16H14F3N5O. The number of H-pyrrole nitrogens is 1. The topological polar surface area (TPSA) is 87.9 Å². The van der Waals surface area contributed by atoms with Crippen LogP contribution in [0.3, 0.4) is 0 Å². The maximum absolute atomic E-state index is 12.9. The summed E-state index contributed by atoms with van der Waals surface area (Å²) in [6, 6.07) is 3.33. The van der Waals surface area contributed by atoms with Crippen molar-refractivity contribution in [2.75, 3.05) is 12.3 Å². The summed E-state index contributed by atoms with van der Waals surface area (Å²) in [5.41, 5.74) is 6.16. The molecule has 2 aromatic heterocycles. The predicted molar refractivity (Wildman–Crippen MR) is 85.5 cm³/mol. The van der Waals surface area contributed by atoms with E-state index < -0.39 is 11.7 Å². The van der Waals surface area contributed by atoms with Gasteiger partial charge in [0.25, 0.3) is 0 Å². The number of aromatic amines is 1. The van der Waals surface area contributed by atoms with Crippen molar-refractivity contribution in [1.82, 2.24) is 19.9 Å². The summed E-state index contributed by atoms with van der Waals surface area (Å²) in [5, 5.41) is 0.503. The second kappa shape index (κ2) is 5.33. The standard InChI is InChI=1S/C16H14F3N5O/c17-16(18,19)8-3-4-9-10(6-8)21-15(20)14-13(9)22-11(23-14)7-24-5-1-2-12(24)25/h3-4,6H,1-2,5,7H2,(H2,20,21)(H,22,23). The first-order valence-corrected chi connectivity index (χ1v) is 7.76. The number of carbonyl (C=O) groups excluding carboxylic acids is 1. The minimum Gasteiger partial charge on any atom is -0.382 e. The number of benzene rings is 1. The summed E-state index contributed by atoms with van der Waals surface area (Å²) in [5.74, 6) is 0.648. The van der Waals surface area contributed by atoms with Crippen LogP contribution in [0.5, 0.6) is 0 Å². The quantitative estimate of drug-likeness (QED) is 0.745. The molecule has 0 spiro atoms. The lowest BCUT2D eigenvalue weighted by molar-refractivity contribution is -0.137. The lowest BCUT2D eigenvalue weighted by Crippen LogP contribution is -2.24. The molecule has 1 amide bonds. The number of rotatable bonds is 2. The normalized spacial score (nSPS) is 15.6. The molecule has 3 aromatic rings. The lowest BCUT2D eigenvalue weighted by Gasteiger charge is -2.12. The number of hydrogen-bond acceptors (Lipinski definition) is 4. The number of halogens is 3. The van der Waals surface area contributed by atoms with Gasteiger partial charge in [0, 0.05) is 18.4 Å². The van der Waals surface area contributed by atoms with Crippen molar-refractivity contribution in [1.29, 1.82) is 0 Å². The SMILES string of the molecule is Nc1nc2cc(C(F)(F)F)ccc2c2[nH]c(CN3CCCC3=O)nc12. The third kappa shape index (κ3) is 2.65. The van der Waals surface area contributed by atoms with Crippen LogP contribution >= 0.6 is 0 Å². The zero-order chi connectivity index (χ0) is 17.8. The first-order valence-electron chi connectivity index (χ1n) is 7.76. The van der Waals surface area contributed by atoms with Crippen LogP contribution in [-0.2, 0) is 17.5 Å². The zero-order valence-electron chi connectivity index (χ0n) is 13.0. The lowest BCUT2D eigenvalue weighted by atomic mass is 10.1. The van der Waals surface area contributed by atoms with Crippen LogP contribution in [0, 0.1) is 0 Å². The van der Waals surface area contributed by atoms with Gasteiger partial charge in [-0.15, -0.1) is 0 Å². The summed E-state index contributed by atoms with van der Waals surface area (Å²) in [7, 11) is 0. The molecule has 0 saturated carbocycles. The third-order valence-electron chi connectivity index (χ3n) is 4.34. The molecule has 0 atom stereocenters. The van der Waals surface area contributed by atoms with E-state index in [1.165, 1.54) is 6.07 Å². The molecule has 1 aromatic carbocycles. The number of aromatic nitrogens is 3. The second-order valence-corrected chi connectivity index (χ2v) is 6.05. The van der Waals surface area contributed by atoms with E-state index in [0.29, 0.717) is 41.8 Å². The molecule has 0 aliphatic carbocycles. The molecule has 130 valence electrons. The molecule has 1 aliphatic rings. The number of fused-ring (bicyclic) bond motifs is 3. The summed E-state index contributed by atoms with van der Waals surface area (Å²) in [4.78, 5) is 24.9. The first kappa shape index (κ1) is 15.7. The fraction of sp³-hybridized carbons (Fsp3) is 0.312. The van der Waals surface area contributed by atoms with E-state index >= 15 is 0 Å². The zero-order valence-corrected chi connectivity index (χ0v) is 13.0. The number of pyridine rings is 1. The number of nitrogens with two attached hydrogens (primary N) is 1. The Morgan fingerprint density at radius 1 is 1.28 bits per heavy atom. The van der Waals surface area contributed by atoms with E-state index in [0.717, 1.165) is 18.6 Å². The van der Waals surface area contributed by atoms with Crippen molar-refractivity contribution in [3.8, 4) is 0 Å². The van der Waals surface area contributed by atoms with Crippen LogP contribution in [0.4, 0.5) is 19.0 Å². The number of anilines is 1. The van der Waals surface area contributed by atoms with Gasteiger partial charge >= 0.3 is 6.18 Å². The van der Waals surface area contributed by atoms with Crippen molar-refractivity contribution >= 4 is 33.7 Å². The highest BCUT2D eigenvalue weighted by Crippen LogP contribution is 2.33. The maximum Gasteiger partial charge on any atom is 0.416 e. The number of imidazole rings is 1. The summed E-state index contributed by atoms with van der Waals surface area (Å²) < 4.78 is 38.6. The Morgan fingerprint density at radius 2 is 2.08 bits per heavy atom. The van der Waals surface area contributed by atoms with Gasteiger partial charge in [-0.25, -0.2) is 9.97 Å². The van der Waals surface area contributed by atoms with Crippen LogP contribution < -0.4 is 5.73 Å². The molecule has 3 heterocycles. The highest BCUT2D eigenvalue weighted by Gasteiger charge is 2.31. The number of nitrogen functional groups attached to an aromatic ring is 1. The van der Waals surface area contributed by atoms with Gasteiger partial charge in [-0.2, -0.15) is 13.2 Å². The van der Waals surface area contributed by atoms with Crippen molar-refractivity contribution < 1.29 is 18.0 Å². The molecule has 9 heteroatoms. The molecule has 4 rings (SSSR count). The average Bonchev–Trinajstić information content (AvgIpc) is 3.14. The fourth-order valence-corrected chi connectivity index (χ4v) is 3.12. The van der Waals surface area contributed by atoms with E-state index in [1.807, 2.05) is 0 Å². The van der Waals surface area contributed by atoms with Gasteiger partial charge in [-0.1, -0.05) is 6.07 Å². The Morgan fingerprint density at radius 3 is 2.76 bits per heavy atom. The number of nitrogens with one attached hydrogen (secondary N) is 1. The molecule has 1 aliphatic heterocycles. The largest absolute Gasteiger partial charge is 0.416 e. The Bertz CT molecular complexity index is 995. The van der Waals surface area contributed by atoms with Gasteiger partial charge in [0.15, 0.2) is 5.82 Å². The number of hydrogen-bond donors (Lipinski definition) is 2. The van der Waals surface area contributed by atoms with Crippen molar-refractivity contribution in [3.05, 3.63) is 29.6 Å². The van der Waals surface area contributed by atoms with E-state index in [2.05, 4.69) is 15.0 Å². The van der Waals surface area contributed by atoms with Crippen LogP contribution in [-0.4, -0.2) is 32.3 Å². The van der Waals surface area contributed by atoms with Gasteiger partial charge < -0.3 is 15.6 Å². The Labute approximate surface area is 139 Å². The first-order chi connectivity index (χ1) is 11.8. The van der Waals surface area contributed by atoms with Gasteiger partial charge in [0.05, 0.1) is 23.1 Å². The molecular weight excluding hydrogens is 335 g/mol. The molecule has 1 saturated heterocycles. The number of alkyl halides is 3. The molecule has 3 N–H and O–H groups in total. The van der Waals surface area contributed by atoms with E-state index in [9.17, 15) is 18.0 Å². The highest BCUT2D eigenvalue weighted by molar-refractivity contribution is 6.06. The average molecular weight is 349 g/mol. The van der Waals surface area contributed by atoms with Crippen molar-refractivity contribution in [2.24, 2.45) is 0 Å². The van der Waals surface area contributed by atoms with Gasteiger partial charge in [0.2, 0.25) is 5.91 Å². The molecule has 0 unspecified atom stereocenters. The molecule has 0 bridgehead atoms. The van der Waals surface area contributed by atoms with E-state index in [4.69, 9.17) is 5.73 Å². The smallest absolute Gasteiger partial charge is 0.382 e. The van der Waals surface area contributed by atoms with Crippen LogP contribution in [0.15, 0.2) is 18.2 Å². The monoisotopic (exact) mass is 349 g/mol. The molecule has 25 heavy (non-hydrogen) atoms. The predicted octanol–water partition coefficient (Wildman–Crippen LogP) is 2.83. The molecule has 6 nitrogen and oxygen atoms in total. The number of likely N-dealkylation sites (tertiary alicyclic amines) is 1. The van der Waals surface area contributed by atoms with Crippen LogP contribution in [0.1, 0.15) is 24.2 Å². The number of nitrogens with zero attached hydrogens (tertiary/aromatic N) is 3. The fourth-order valence-electron chi connectivity index (χ4n) is 3.12. The number of carbonyl (C=O) groups is 1. The van der Waals surface area contributed by atoms with Crippen molar-refractivity contribution in [2.45, 2.75) is 25.6 Å².